The average Bonchev–Trinajstić information content (AvgIpc) is 2.27. The Bertz CT molecular complexity index is 262. The van der Waals surface area contributed by atoms with Crippen molar-refractivity contribution in [2.75, 3.05) is 0 Å². The number of hydrogen-bond acceptors (Lipinski definition) is 2. The molecule has 4 bridgehead atoms. The third kappa shape index (κ3) is 1.96. The monoisotopic (exact) mass is 234 g/mol. The van der Waals surface area contributed by atoms with Gasteiger partial charge in [-0.15, -0.1) is 6.58 Å². The Hall–Kier alpha value is -0.340. The first-order valence-corrected chi connectivity index (χ1v) is 7.33. The van der Waals surface area contributed by atoms with Gasteiger partial charge in [-0.2, -0.15) is 0 Å². The number of nitrogens with two attached hydrogens (primary N) is 1. The topological polar surface area (TPSA) is 38.0 Å². The van der Waals surface area contributed by atoms with E-state index in [1.54, 1.807) is 0 Å². The van der Waals surface area contributed by atoms with Crippen molar-refractivity contribution in [2.24, 2.45) is 29.0 Å². The Morgan fingerprint density at radius 3 is 2.12 bits per heavy atom. The van der Waals surface area contributed by atoms with Crippen molar-refractivity contribution in [1.29, 1.82) is 0 Å². The zero-order valence-corrected chi connectivity index (χ0v) is 10.8. The predicted octanol–water partition coefficient (Wildman–Crippen LogP) is 3.00. The van der Waals surface area contributed by atoms with E-state index in [1.807, 2.05) is 6.08 Å². The molecule has 1 atom stereocenters. The zero-order valence-electron chi connectivity index (χ0n) is 10.8. The summed E-state index contributed by atoms with van der Waals surface area (Å²) >= 11 is 0. The molecule has 4 aliphatic carbocycles. The van der Waals surface area contributed by atoms with Crippen molar-refractivity contribution in [1.82, 2.24) is 5.43 Å². The SMILES string of the molecule is C=CCCC(NN)C12CC3CC(CC(C3)C1)C2. The molecule has 1 unspecified atom stereocenters. The van der Waals surface area contributed by atoms with Gasteiger partial charge >= 0.3 is 0 Å². The van der Waals surface area contributed by atoms with E-state index in [0.717, 1.165) is 24.2 Å². The highest BCUT2D eigenvalue weighted by Crippen LogP contribution is 2.61. The second kappa shape index (κ2) is 4.40. The lowest BCUT2D eigenvalue weighted by Gasteiger charge is -2.59. The highest BCUT2D eigenvalue weighted by molar-refractivity contribution is 5.06. The van der Waals surface area contributed by atoms with Gasteiger partial charge in [0.15, 0.2) is 0 Å². The molecule has 0 amide bonds. The van der Waals surface area contributed by atoms with E-state index >= 15 is 0 Å². The van der Waals surface area contributed by atoms with Crippen LogP contribution in [0.4, 0.5) is 0 Å². The van der Waals surface area contributed by atoms with E-state index in [1.165, 1.54) is 44.9 Å². The van der Waals surface area contributed by atoms with Crippen molar-refractivity contribution >= 4 is 0 Å². The molecular formula is C15H26N2. The Morgan fingerprint density at radius 1 is 1.18 bits per heavy atom. The van der Waals surface area contributed by atoms with Gasteiger partial charge in [0.25, 0.3) is 0 Å². The maximum atomic E-state index is 5.85. The standard InChI is InChI=1S/C15H26N2/c1-2-3-4-14(17-16)15-8-11-5-12(9-15)7-13(6-11)10-15/h2,11-14,17H,1,3-10,16H2. The number of hydrogen-bond donors (Lipinski definition) is 2. The van der Waals surface area contributed by atoms with Crippen LogP contribution in [0.5, 0.6) is 0 Å². The van der Waals surface area contributed by atoms with Crippen LogP contribution in [0.15, 0.2) is 12.7 Å². The van der Waals surface area contributed by atoms with E-state index < -0.39 is 0 Å². The van der Waals surface area contributed by atoms with Gasteiger partial charge in [0.2, 0.25) is 0 Å². The molecule has 3 N–H and O–H groups in total. The third-order valence-corrected chi connectivity index (χ3v) is 5.69. The maximum Gasteiger partial charge on any atom is 0.0270 e. The molecule has 4 rings (SSSR count). The number of hydrazine groups is 1. The largest absolute Gasteiger partial charge is 0.271 e. The average molecular weight is 234 g/mol. The fourth-order valence-electron chi connectivity index (χ4n) is 5.46. The van der Waals surface area contributed by atoms with Gasteiger partial charge in [-0.05, 0) is 74.5 Å². The first-order valence-electron chi connectivity index (χ1n) is 7.33. The normalized spacial score (nSPS) is 44.9. The van der Waals surface area contributed by atoms with Gasteiger partial charge in [0.05, 0.1) is 0 Å². The maximum absolute atomic E-state index is 5.85. The summed E-state index contributed by atoms with van der Waals surface area (Å²) in [4.78, 5) is 0. The quantitative estimate of drug-likeness (QED) is 0.436. The lowest BCUT2D eigenvalue weighted by Crippen LogP contribution is -2.57. The molecule has 0 aromatic rings. The minimum absolute atomic E-state index is 0.522. The van der Waals surface area contributed by atoms with Crippen LogP contribution in [-0.4, -0.2) is 6.04 Å². The first-order chi connectivity index (χ1) is 8.25. The second-order valence-electron chi connectivity index (χ2n) is 6.87. The van der Waals surface area contributed by atoms with Crippen LogP contribution in [-0.2, 0) is 0 Å². The molecule has 0 radical (unpaired) electrons. The molecule has 0 aromatic heterocycles. The molecule has 0 aliphatic heterocycles. The molecule has 0 saturated heterocycles. The molecule has 0 heterocycles. The molecule has 96 valence electrons. The summed E-state index contributed by atoms with van der Waals surface area (Å²) in [5.74, 6) is 8.89. The molecule has 4 saturated carbocycles. The van der Waals surface area contributed by atoms with Crippen LogP contribution in [0.2, 0.25) is 0 Å². The van der Waals surface area contributed by atoms with Gasteiger partial charge in [0, 0.05) is 6.04 Å². The highest BCUT2D eigenvalue weighted by Gasteiger charge is 2.53. The Balaban J connectivity index is 1.77. The molecule has 4 fully saturated rings. The second-order valence-corrected chi connectivity index (χ2v) is 6.87. The summed E-state index contributed by atoms with van der Waals surface area (Å²) in [6, 6.07) is 0.522. The Labute approximate surface area is 105 Å². The van der Waals surface area contributed by atoms with Crippen molar-refractivity contribution in [3.63, 3.8) is 0 Å². The fraction of sp³-hybridized carbons (Fsp3) is 0.867. The predicted molar refractivity (Wildman–Crippen MR) is 71.1 cm³/mol. The van der Waals surface area contributed by atoms with E-state index in [2.05, 4.69) is 12.0 Å². The molecule has 4 aliphatic rings. The summed E-state index contributed by atoms with van der Waals surface area (Å²) < 4.78 is 0. The van der Waals surface area contributed by atoms with Gasteiger partial charge < -0.3 is 0 Å². The first kappa shape index (κ1) is 11.7. The van der Waals surface area contributed by atoms with Crippen LogP contribution in [0.3, 0.4) is 0 Å². The van der Waals surface area contributed by atoms with Gasteiger partial charge in [-0.1, -0.05) is 6.08 Å². The van der Waals surface area contributed by atoms with Crippen molar-refractivity contribution in [3.8, 4) is 0 Å². The summed E-state index contributed by atoms with van der Waals surface area (Å²) in [6.07, 6.45) is 13.1. The van der Waals surface area contributed by atoms with Crippen LogP contribution >= 0.6 is 0 Å². The van der Waals surface area contributed by atoms with Crippen LogP contribution in [0.25, 0.3) is 0 Å². The minimum Gasteiger partial charge on any atom is -0.271 e. The number of rotatable bonds is 5. The van der Waals surface area contributed by atoms with E-state index in [4.69, 9.17) is 5.84 Å². The van der Waals surface area contributed by atoms with E-state index in [9.17, 15) is 0 Å². The summed E-state index contributed by atoms with van der Waals surface area (Å²) in [5.41, 5.74) is 3.68. The smallest absolute Gasteiger partial charge is 0.0270 e. The lowest BCUT2D eigenvalue weighted by atomic mass is 9.47. The zero-order chi connectivity index (χ0) is 11.9. The summed E-state index contributed by atoms with van der Waals surface area (Å²) in [5, 5.41) is 0. The van der Waals surface area contributed by atoms with E-state index in [0.29, 0.717) is 11.5 Å². The van der Waals surface area contributed by atoms with Gasteiger partial charge in [-0.3, -0.25) is 11.3 Å². The number of nitrogens with one attached hydrogen (secondary N) is 1. The summed E-state index contributed by atoms with van der Waals surface area (Å²) in [7, 11) is 0. The Kier molecular flexibility index (Phi) is 3.04. The van der Waals surface area contributed by atoms with Crippen molar-refractivity contribution in [2.45, 2.75) is 57.4 Å². The lowest BCUT2D eigenvalue weighted by molar-refractivity contribution is -0.0750. The van der Waals surface area contributed by atoms with E-state index in [-0.39, 0.29) is 0 Å². The minimum atomic E-state index is 0.522. The highest BCUT2D eigenvalue weighted by atomic mass is 15.2. The molecular weight excluding hydrogens is 208 g/mol. The van der Waals surface area contributed by atoms with Crippen molar-refractivity contribution in [3.05, 3.63) is 12.7 Å². The fourth-order valence-corrected chi connectivity index (χ4v) is 5.46. The molecule has 0 spiro atoms. The molecule has 2 nitrogen and oxygen atoms in total. The van der Waals surface area contributed by atoms with Crippen LogP contribution in [0.1, 0.15) is 51.4 Å². The molecule has 0 aromatic carbocycles. The van der Waals surface area contributed by atoms with Crippen LogP contribution in [0, 0.1) is 23.2 Å². The molecule has 17 heavy (non-hydrogen) atoms. The van der Waals surface area contributed by atoms with Gasteiger partial charge in [-0.25, -0.2) is 0 Å². The van der Waals surface area contributed by atoms with Crippen molar-refractivity contribution < 1.29 is 0 Å². The summed E-state index contributed by atoms with van der Waals surface area (Å²) in [6.45, 7) is 3.84. The Morgan fingerprint density at radius 2 is 1.71 bits per heavy atom. The third-order valence-electron chi connectivity index (χ3n) is 5.69. The van der Waals surface area contributed by atoms with Gasteiger partial charge in [0.1, 0.15) is 0 Å². The van der Waals surface area contributed by atoms with Crippen LogP contribution < -0.4 is 11.3 Å². The molecule has 2 heteroatoms. The number of allylic oxidation sites excluding steroid dienone is 1.